The van der Waals surface area contributed by atoms with E-state index in [0.717, 1.165) is 0 Å². The number of amides is 1. The molecule has 0 fully saturated rings. The van der Waals surface area contributed by atoms with E-state index in [1.54, 1.807) is 6.92 Å². The van der Waals surface area contributed by atoms with E-state index in [0.29, 0.717) is 0 Å². The third kappa shape index (κ3) is 7.68. The van der Waals surface area contributed by atoms with Crippen molar-refractivity contribution in [3.63, 3.8) is 0 Å². The van der Waals surface area contributed by atoms with E-state index in [2.05, 4.69) is 5.32 Å². The first-order valence-corrected chi connectivity index (χ1v) is 5.20. The van der Waals surface area contributed by atoms with Gasteiger partial charge in [0.2, 0.25) is 5.91 Å². The normalized spacial score (nSPS) is 14.0. The van der Waals surface area contributed by atoms with Crippen LogP contribution < -0.4 is 11.1 Å². The van der Waals surface area contributed by atoms with Crippen molar-refractivity contribution in [2.24, 2.45) is 5.73 Å². The molecule has 72 valence electrons. The van der Waals surface area contributed by atoms with Crippen LogP contribution in [0.25, 0.3) is 0 Å². The smallest absolute Gasteiger partial charge is 0.326 e. The topological polar surface area (TPSA) is 113 Å². The first-order valence-electron chi connectivity index (χ1n) is 3.41. The van der Waals surface area contributed by atoms with Gasteiger partial charge in [-0.1, -0.05) is 0 Å². The molecule has 0 bridgehead atoms. The van der Waals surface area contributed by atoms with E-state index in [4.69, 9.17) is 15.5 Å². The fraction of sp³-hybridized carbons (Fsp3) is 0.800. The lowest BCUT2D eigenvalue weighted by molar-refractivity contribution is -0.121. The highest BCUT2D eigenvalue weighted by molar-refractivity contribution is 7.51. The van der Waals surface area contributed by atoms with Crippen molar-refractivity contribution < 1.29 is 19.1 Å². The number of nitrogens with one attached hydrogen (secondary N) is 1. The third-order valence-corrected chi connectivity index (χ3v) is 1.82. The van der Waals surface area contributed by atoms with Crippen LogP contribution in [0.1, 0.15) is 13.3 Å². The van der Waals surface area contributed by atoms with Crippen molar-refractivity contribution in [2.75, 3.05) is 6.16 Å². The van der Waals surface area contributed by atoms with Crippen LogP contribution >= 0.6 is 7.60 Å². The minimum atomic E-state index is -4.06. The van der Waals surface area contributed by atoms with Gasteiger partial charge < -0.3 is 20.8 Å². The molecule has 6 nitrogen and oxygen atoms in total. The Morgan fingerprint density at radius 3 is 2.50 bits per heavy atom. The molecule has 0 aliphatic rings. The maximum atomic E-state index is 10.8. The van der Waals surface area contributed by atoms with Crippen LogP contribution in [0.15, 0.2) is 0 Å². The summed E-state index contributed by atoms with van der Waals surface area (Å²) in [5, 5.41) is 2.31. The molecular formula is C5H13N2O4P. The summed E-state index contributed by atoms with van der Waals surface area (Å²) in [7, 11) is -4.06. The predicted molar refractivity (Wildman–Crippen MR) is 43.3 cm³/mol. The zero-order chi connectivity index (χ0) is 9.78. The van der Waals surface area contributed by atoms with Crippen LogP contribution in [-0.4, -0.2) is 28.0 Å². The molecule has 0 saturated heterocycles. The average molecular weight is 196 g/mol. The minimum Gasteiger partial charge on any atom is -0.341 e. The number of carbonyl (C=O) groups is 1. The minimum absolute atomic E-state index is 0.203. The summed E-state index contributed by atoms with van der Waals surface area (Å²) >= 11 is 0. The van der Waals surface area contributed by atoms with Gasteiger partial charge in [0.15, 0.2) is 0 Å². The molecule has 0 aromatic rings. The fourth-order valence-corrected chi connectivity index (χ4v) is 1.07. The Hall–Kier alpha value is -0.420. The summed E-state index contributed by atoms with van der Waals surface area (Å²) in [5.41, 5.74) is 5.21. The highest BCUT2D eigenvalue weighted by Crippen LogP contribution is 2.34. The zero-order valence-corrected chi connectivity index (χ0v) is 7.62. The molecule has 0 aliphatic carbocycles. The highest BCUT2D eigenvalue weighted by Gasteiger charge is 2.15. The van der Waals surface area contributed by atoms with Gasteiger partial charge in [-0.05, 0) is 6.92 Å². The number of nitrogens with two attached hydrogens (primary N) is 1. The van der Waals surface area contributed by atoms with Gasteiger partial charge in [-0.2, -0.15) is 0 Å². The number of hydrogen-bond acceptors (Lipinski definition) is 3. The van der Waals surface area contributed by atoms with Crippen LogP contribution in [0.5, 0.6) is 0 Å². The monoisotopic (exact) mass is 196 g/mol. The summed E-state index contributed by atoms with van der Waals surface area (Å²) < 4.78 is 10.3. The van der Waals surface area contributed by atoms with Gasteiger partial charge >= 0.3 is 7.60 Å². The van der Waals surface area contributed by atoms with Gasteiger partial charge in [0.25, 0.3) is 0 Å². The van der Waals surface area contributed by atoms with Crippen LogP contribution in [-0.2, 0) is 9.36 Å². The van der Waals surface area contributed by atoms with Crippen molar-refractivity contribution in [2.45, 2.75) is 19.5 Å². The summed E-state index contributed by atoms with van der Waals surface area (Å²) in [4.78, 5) is 27.6. The summed E-state index contributed by atoms with van der Waals surface area (Å²) in [6.07, 6.45) is -1.13. The maximum absolute atomic E-state index is 10.8. The Labute approximate surface area is 70.3 Å². The molecular weight excluding hydrogens is 183 g/mol. The SMILES string of the molecule is CC(N)NC(=O)CCP(=O)(O)O. The van der Waals surface area contributed by atoms with E-state index in [9.17, 15) is 9.36 Å². The van der Waals surface area contributed by atoms with Gasteiger partial charge in [-0.25, -0.2) is 0 Å². The van der Waals surface area contributed by atoms with E-state index in [-0.39, 0.29) is 6.42 Å². The zero-order valence-electron chi connectivity index (χ0n) is 6.73. The highest BCUT2D eigenvalue weighted by atomic mass is 31.2. The standard InChI is InChI=1S/C5H13N2O4P/c1-4(6)7-5(8)2-3-12(9,10)11/h4H,2-3,6H2,1H3,(H,7,8)(H2,9,10,11). The first kappa shape index (κ1) is 11.6. The fourth-order valence-electron chi connectivity index (χ4n) is 0.573. The van der Waals surface area contributed by atoms with E-state index in [1.165, 1.54) is 0 Å². The Kier molecular flexibility index (Phi) is 4.41. The second-order valence-corrected chi connectivity index (χ2v) is 4.27. The molecule has 0 spiro atoms. The van der Waals surface area contributed by atoms with E-state index >= 15 is 0 Å². The Bertz CT molecular complexity index is 200. The average Bonchev–Trinajstić information content (AvgIpc) is 1.80. The largest absolute Gasteiger partial charge is 0.341 e. The molecule has 1 atom stereocenters. The van der Waals surface area contributed by atoms with Gasteiger partial charge in [0, 0.05) is 6.42 Å². The Morgan fingerprint density at radius 1 is 1.67 bits per heavy atom. The van der Waals surface area contributed by atoms with Crippen molar-refractivity contribution in [3.05, 3.63) is 0 Å². The van der Waals surface area contributed by atoms with Gasteiger partial charge in [0.1, 0.15) is 0 Å². The number of hydrogen-bond donors (Lipinski definition) is 4. The maximum Gasteiger partial charge on any atom is 0.326 e. The Balaban J connectivity index is 3.66. The lowest BCUT2D eigenvalue weighted by Gasteiger charge is -2.08. The van der Waals surface area contributed by atoms with Gasteiger partial charge in [0.05, 0.1) is 12.3 Å². The van der Waals surface area contributed by atoms with Crippen molar-refractivity contribution in [1.82, 2.24) is 5.32 Å². The summed E-state index contributed by atoms with van der Waals surface area (Å²) in [5.74, 6) is -0.451. The number of carbonyl (C=O) groups excluding carboxylic acids is 1. The lowest BCUT2D eigenvalue weighted by Crippen LogP contribution is -2.39. The molecule has 0 aliphatic heterocycles. The quantitative estimate of drug-likeness (QED) is 0.339. The molecule has 0 saturated carbocycles. The molecule has 0 aromatic heterocycles. The molecule has 5 N–H and O–H groups in total. The van der Waals surface area contributed by atoms with E-state index < -0.39 is 25.8 Å². The van der Waals surface area contributed by atoms with E-state index in [1.807, 2.05) is 0 Å². The van der Waals surface area contributed by atoms with Crippen LogP contribution in [0.3, 0.4) is 0 Å². The van der Waals surface area contributed by atoms with Crippen molar-refractivity contribution in [1.29, 1.82) is 0 Å². The molecule has 7 heteroatoms. The first-order chi connectivity index (χ1) is 5.31. The molecule has 1 unspecified atom stereocenters. The molecule has 12 heavy (non-hydrogen) atoms. The molecule has 0 rings (SSSR count). The molecule has 1 amide bonds. The van der Waals surface area contributed by atoms with Crippen molar-refractivity contribution >= 4 is 13.5 Å². The lowest BCUT2D eigenvalue weighted by atomic mass is 10.4. The third-order valence-electron chi connectivity index (χ3n) is 1.02. The van der Waals surface area contributed by atoms with Crippen LogP contribution in [0, 0.1) is 0 Å². The number of rotatable bonds is 4. The van der Waals surface area contributed by atoms with Crippen LogP contribution in [0.4, 0.5) is 0 Å². The molecule has 0 aromatic carbocycles. The van der Waals surface area contributed by atoms with Crippen molar-refractivity contribution in [3.8, 4) is 0 Å². The molecule has 0 heterocycles. The van der Waals surface area contributed by atoms with Gasteiger partial charge in [-0.15, -0.1) is 0 Å². The second-order valence-electron chi connectivity index (χ2n) is 2.49. The summed E-state index contributed by atoms with van der Waals surface area (Å²) in [6.45, 7) is 1.56. The van der Waals surface area contributed by atoms with Crippen LogP contribution in [0.2, 0.25) is 0 Å². The Morgan fingerprint density at radius 2 is 2.17 bits per heavy atom. The van der Waals surface area contributed by atoms with Gasteiger partial charge in [-0.3, -0.25) is 9.36 Å². The second kappa shape index (κ2) is 4.57. The molecule has 0 radical (unpaired) electrons. The summed E-state index contributed by atoms with van der Waals surface area (Å²) in [6, 6.07) is 0. The predicted octanol–water partition coefficient (Wildman–Crippen LogP) is -1.02.